The fourth-order valence-electron chi connectivity index (χ4n) is 3.43. The molecule has 3 nitrogen and oxygen atoms in total. The number of nitrogens with zero attached hydrogens (tertiary/aromatic N) is 1. The fraction of sp³-hybridized carbons (Fsp3) is 0.421. The molecule has 0 bridgehead atoms. The van der Waals surface area contributed by atoms with Crippen LogP contribution in [-0.4, -0.2) is 17.2 Å². The molecule has 1 saturated carbocycles. The number of pyridine rings is 1. The zero-order chi connectivity index (χ0) is 15.6. The zero-order valence-corrected chi connectivity index (χ0v) is 13.2. The van der Waals surface area contributed by atoms with Crippen molar-refractivity contribution in [3.8, 4) is 5.75 Å². The second-order valence-corrected chi connectivity index (χ2v) is 6.04. The van der Waals surface area contributed by atoms with E-state index in [0.29, 0.717) is 5.92 Å². The van der Waals surface area contributed by atoms with E-state index >= 15 is 0 Å². The minimum absolute atomic E-state index is 0.00888. The molecule has 1 heterocycles. The first-order valence-corrected chi connectivity index (χ1v) is 7.98. The summed E-state index contributed by atoms with van der Waals surface area (Å²) < 4.78 is 5.24. The summed E-state index contributed by atoms with van der Waals surface area (Å²) in [4.78, 5) is 4.50. The maximum absolute atomic E-state index is 11.6. The second kappa shape index (κ2) is 6.09. The highest BCUT2D eigenvalue weighted by molar-refractivity contribution is 5.35. The van der Waals surface area contributed by atoms with E-state index in [1.165, 1.54) is 0 Å². The van der Waals surface area contributed by atoms with E-state index in [4.69, 9.17) is 4.74 Å². The molecular formula is C19H23NO2. The number of ether oxygens (including phenoxy) is 1. The van der Waals surface area contributed by atoms with Crippen molar-refractivity contribution in [1.29, 1.82) is 0 Å². The Bertz CT molecular complexity index is 607. The van der Waals surface area contributed by atoms with Gasteiger partial charge in [-0.2, -0.15) is 0 Å². The van der Waals surface area contributed by atoms with Gasteiger partial charge in [0.1, 0.15) is 11.4 Å². The van der Waals surface area contributed by atoms with Crippen molar-refractivity contribution in [2.24, 2.45) is 5.92 Å². The molecule has 0 aliphatic heterocycles. The van der Waals surface area contributed by atoms with Crippen LogP contribution in [0.3, 0.4) is 0 Å². The molecule has 0 amide bonds. The lowest BCUT2D eigenvalue weighted by molar-refractivity contribution is -0.0183. The SMILES string of the molecule is CC[C@H](c1ccccn1)[C@@](O)(c1ccc(OC)cc1)C1CC1. The maximum Gasteiger partial charge on any atom is 0.118 e. The Morgan fingerprint density at radius 1 is 1.23 bits per heavy atom. The van der Waals surface area contributed by atoms with Crippen molar-refractivity contribution in [3.05, 3.63) is 59.9 Å². The average Bonchev–Trinajstić information content (AvgIpc) is 3.42. The molecule has 1 aromatic carbocycles. The molecule has 0 unspecified atom stereocenters. The monoisotopic (exact) mass is 297 g/mol. The predicted octanol–water partition coefficient (Wildman–Crippen LogP) is 3.88. The molecule has 116 valence electrons. The van der Waals surface area contributed by atoms with Crippen molar-refractivity contribution < 1.29 is 9.84 Å². The van der Waals surface area contributed by atoms with Crippen LogP contribution < -0.4 is 4.74 Å². The van der Waals surface area contributed by atoms with Gasteiger partial charge in [0.15, 0.2) is 0 Å². The molecule has 1 aliphatic rings. The number of aliphatic hydroxyl groups is 1. The molecule has 1 N–H and O–H groups in total. The molecular weight excluding hydrogens is 274 g/mol. The molecule has 1 aliphatic carbocycles. The topological polar surface area (TPSA) is 42.4 Å². The van der Waals surface area contributed by atoms with Gasteiger partial charge >= 0.3 is 0 Å². The molecule has 2 aromatic rings. The third-order valence-electron chi connectivity index (χ3n) is 4.74. The van der Waals surface area contributed by atoms with E-state index in [-0.39, 0.29) is 5.92 Å². The van der Waals surface area contributed by atoms with Crippen LogP contribution in [-0.2, 0) is 5.60 Å². The largest absolute Gasteiger partial charge is 0.497 e. The van der Waals surface area contributed by atoms with Gasteiger partial charge in [-0.3, -0.25) is 4.98 Å². The highest BCUT2D eigenvalue weighted by Crippen LogP contribution is 2.53. The minimum atomic E-state index is -0.852. The fourth-order valence-corrected chi connectivity index (χ4v) is 3.43. The van der Waals surface area contributed by atoms with E-state index in [1.54, 1.807) is 13.3 Å². The third kappa shape index (κ3) is 2.61. The summed E-state index contributed by atoms with van der Waals surface area (Å²) >= 11 is 0. The highest BCUT2D eigenvalue weighted by atomic mass is 16.5. The lowest BCUT2D eigenvalue weighted by Gasteiger charge is -2.36. The van der Waals surface area contributed by atoms with Gasteiger partial charge in [0.25, 0.3) is 0 Å². The van der Waals surface area contributed by atoms with Crippen LogP contribution in [0.15, 0.2) is 48.7 Å². The van der Waals surface area contributed by atoms with E-state index < -0.39 is 5.60 Å². The number of rotatable bonds is 6. The summed E-state index contributed by atoms with van der Waals surface area (Å²) in [5.74, 6) is 1.13. The molecule has 0 spiro atoms. The summed E-state index contributed by atoms with van der Waals surface area (Å²) in [5.41, 5.74) is 1.08. The number of benzene rings is 1. The second-order valence-electron chi connectivity index (χ2n) is 6.04. The summed E-state index contributed by atoms with van der Waals surface area (Å²) in [7, 11) is 1.66. The van der Waals surface area contributed by atoms with Gasteiger partial charge in [-0.15, -0.1) is 0 Å². The van der Waals surface area contributed by atoms with Crippen molar-refractivity contribution in [2.45, 2.75) is 37.7 Å². The van der Waals surface area contributed by atoms with Gasteiger partial charge in [-0.05, 0) is 55.0 Å². The molecule has 1 fully saturated rings. The van der Waals surface area contributed by atoms with Crippen LogP contribution in [0.4, 0.5) is 0 Å². The lowest BCUT2D eigenvalue weighted by Crippen LogP contribution is -2.36. The first-order chi connectivity index (χ1) is 10.7. The van der Waals surface area contributed by atoms with Crippen molar-refractivity contribution >= 4 is 0 Å². The number of aromatic nitrogens is 1. The van der Waals surface area contributed by atoms with Crippen LogP contribution in [0.5, 0.6) is 5.75 Å². The number of methoxy groups -OCH3 is 1. The Morgan fingerprint density at radius 3 is 2.45 bits per heavy atom. The Morgan fingerprint density at radius 2 is 1.95 bits per heavy atom. The van der Waals surface area contributed by atoms with E-state index in [9.17, 15) is 5.11 Å². The Balaban J connectivity index is 2.02. The number of hydrogen-bond acceptors (Lipinski definition) is 3. The maximum atomic E-state index is 11.6. The highest BCUT2D eigenvalue weighted by Gasteiger charge is 2.50. The third-order valence-corrected chi connectivity index (χ3v) is 4.74. The Labute approximate surface area is 132 Å². The van der Waals surface area contributed by atoms with Crippen LogP contribution in [0.25, 0.3) is 0 Å². The molecule has 2 atom stereocenters. The van der Waals surface area contributed by atoms with Gasteiger partial charge in [-0.1, -0.05) is 25.1 Å². The van der Waals surface area contributed by atoms with E-state index in [0.717, 1.165) is 36.3 Å². The normalized spacial score (nSPS) is 18.5. The molecule has 3 heteroatoms. The number of hydrogen-bond donors (Lipinski definition) is 1. The first kappa shape index (κ1) is 15.0. The van der Waals surface area contributed by atoms with Gasteiger partial charge in [-0.25, -0.2) is 0 Å². The van der Waals surface area contributed by atoms with E-state index in [2.05, 4.69) is 11.9 Å². The van der Waals surface area contributed by atoms with Crippen LogP contribution in [0, 0.1) is 5.92 Å². The van der Waals surface area contributed by atoms with Gasteiger partial charge in [0.05, 0.1) is 7.11 Å². The predicted molar refractivity (Wildman–Crippen MR) is 86.9 cm³/mol. The smallest absolute Gasteiger partial charge is 0.118 e. The summed E-state index contributed by atoms with van der Waals surface area (Å²) in [5, 5.41) is 11.6. The zero-order valence-electron chi connectivity index (χ0n) is 13.2. The van der Waals surface area contributed by atoms with Crippen molar-refractivity contribution in [2.75, 3.05) is 7.11 Å². The molecule has 0 radical (unpaired) electrons. The van der Waals surface area contributed by atoms with Crippen LogP contribution in [0.2, 0.25) is 0 Å². The Kier molecular flexibility index (Phi) is 4.16. The van der Waals surface area contributed by atoms with Gasteiger partial charge < -0.3 is 9.84 Å². The Hall–Kier alpha value is -1.87. The van der Waals surface area contributed by atoms with Crippen LogP contribution in [0.1, 0.15) is 43.4 Å². The summed E-state index contributed by atoms with van der Waals surface area (Å²) in [6, 6.07) is 13.8. The first-order valence-electron chi connectivity index (χ1n) is 7.98. The standard InChI is InChI=1S/C19H23NO2/c1-3-17(18-6-4-5-13-20-18)19(21,14-7-8-14)15-9-11-16(22-2)12-10-15/h4-6,9-14,17,21H,3,7-8H2,1-2H3/t17-,19+/m1/s1. The van der Waals surface area contributed by atoms with E-state index in [1.807, 2.05) is 42.5 Å². The van der Waals surface area contributed by atoms with Crippen molar-refractivity contribution in [3.63, 3.8) is 0 Å². The van der Waals surface area contributed by atoms with Gasteiger partial charge in [0.2, 0.25) is 0 Å². The molecule has 0 saturated heterocycles. The summed E-state index contributed by atoms with van der Waals surface area (Å²) in [6.07, 6.45) is 4.81. The quantitative estimate of drug-likeness (QED) is 0.879. The van der Waals surface area contributed by atoms with Crippen molar-refractivity contribution in [1.82, 2.24) is 4.98 Å². The average molecular weight is 297 g/mol. The lowest BCUT2D eigenvalue weighted by atomic mass is 9.74. The minimum Gasteiger partial charge on any atom is -0.497 e. The molecule has 3 rings (SSSR count). The molecule has 22 heavy (non-hydrogen) atoms. The van der Waals surface area contributed by atoms with Crippen LogP contribution >= 0.6 is 0 Å². The summed E-state index contributed by atoms with van der Waals surface area (Å²) in [6.45, 7) is 2.12. The molecule has 1 aromatic heterocycles. The van der Waals surface area contributed by atoms with Gasteiger partial charge in [0, 0.05) is 17.8 Å².